The van der Waals surface area contributed by atoms with Gasteiger partial charge >= 0.3 is 0 Å². The van der Waals surface area contributed by atoms with E-state index in [1.165, 1.54) is 16.9 Å². The molecule has 1 aromatic carbocycles. The molecule has 2 rings (SSSR count). The molecule has 1 N–H and O–H groups in total. The molecule has 4 heteroatoms. The van der Waals surface area contributed by atoms with Gasteiger partial charge in [0.1, 0.15) is 5.75 Å². The fraction of sp³-hybridized carbons (Fsp3) is 0.267. The number of thiophene rings is 1. The average Bonchev–Trinajstić information content (AvgIpc) is 2.86. The summed E-state index contributed by atoms with van der Waals surface area (Å²) in [6.07, 6.45) is 0.820. The molecule has 0 saturated carbocycles. The largest absolute Gasteiger partial charge is 0.497 e. The minimum Gasteiger partial charge on any atom is -0.497 e. The lowest BCUT2D eigenvalue weighted by Gasteiger charge is -2.05. The molecule has 0 radical (unpaired) electrons. The Hall–Kier alpha value is -1.81. The molecule has 0 atom stereocenters. The molecule has 1 aromatic heterocycles. The van der Waals surface area contributed by atoms with Gasteiger partial charge in [-0.3, -0.25) is 4.79 Å². The van der Waals surface area contributed by atoms with Crippen LogP contribution in [0.4, 0.5) is 0 Å². The van der Waals surface area contributed by atoms with Crippen LogP contribution in [0.3, 0.4) is 0 Å². The third-order valence-electron chi connectivity index (χ3n) is 2.82. The molecule has 0 aliphatic rings. The number of methoxy groups -OCH3 is 1. The number of benzene rings is 1. The van der Waals surface area contributed by atoms with E-state index in [2.05, 4.69) is 5.32 Å². The number of carbonyl (C=O) groups is 1. The van der Waals surface area contributed by atoms with Crippen molar-refractivity contribution in [3.63, 3.8) is 0 Å². The van der Waals surface area contributed by atoms with Crippen LogP contribution in [-0.4, -0.2) is 19.6 Å². The first-order valence-corrected chi connectivity index (χ1v) is 6.98. The maximum atomic E-state index is 11.8. The Bertz CT molecular complexity index is 546. The summed E-state index contributed by atoms with van der Waals surface area (Å²) >= 11 is 1.52. The highest BCUT2D eigenvalue weighted by atomic mass is 32.1. The summed E-state index contributed by atoms with van der Waals surface area (Å²) in [5, 5.41) is 2.93. The molecule has 3 nitrogen and oxygen atoms in total. The summed E-state index contributed by atoms with van der Waals surface area (Å²) in [5.74, 6) is 0.855. The van der Waals surface area contributed by atoms with E-state index in [-0.39, 0.29) is 5.91 Å². The maximum absolute atomic E-state index is 11.8. The zero-order chi connectivity index (χ0) is 13.7. The summed E-state index contributed by atoms with van der Waals surface area (Å²) in [7, 11) is 1.65. The molecular formula is C15H17NO2S. The predicted octanol–water partition coefficient (Wildman–Crippen LogP) is 3.04. The number of rotatable bonds is 5. The number of hydrogen-bond donors (Lipinski definition) is 1. The first-order valence-electron chi connectivity index (χ1n) is 6.16. The lowest BCUT2D eigenvalue weighted by atomic mass is 10.1. The topological polar surface area (TPSA) is 38.3 Å². The number of ether oxygens (including phenoxy) is 1. The fourth-order valence-electron chi connectivity index (χ4n) is 1.76. The molecule has 0 aliphatic heterocycles. The van der Waals surface area contributed by atoms with E-state index in [9.17, 15) is 4.79 Å². The quantitative estimate of drug-likeness (QED) is 0.911. The van der Waals surface area contributed by atoms with Gasteiger partial charge in [0.2, 0.25) is 0 Å². The number of amides is 1. The predicted molar refractivity (Wildman–Crippen MR) is 78.1 cm³/mol. The zero-order valence-corrected chi connectivity index (χ0v) is 11.9. The highest BCUT2D eigenvalue weighted by Gasteiger charge is 2.06. The molecule has 0 spiro atoms. The van der Waals surface area contributed by atoms with E-state index in [1.54, 1.807) is 7.11 Å². The minimum atomic E-state index is 0.00612. The van der Waals surface area contributed by atoms with E-state index in [0.29, 0.717) is 6.54 Å². The van der Waals surface area contributed by atoms with Crippen molar-refractivity contribution < 1.29 is 9.53 Å². The van der Waals surface area contributed by atoms with Gasteiger partial charge in [0, 0.05) is 11.4 Å². The molecule has 0 saturated heterocycles. The first kappa shape index (κ1) is 13.6. The number of hydrogen-bond acceptors (Lipinski definition) is 3. The van der Waals surface area contributed by atoms with Crippen molar-refractivity contribution in [2.75, 3.05) is 13.7 Å². The molecular weight excluding hydrogens is 258 g/mol. The Morgan fingerprint density at radius 3 is 2.53 bits per heavy atom. The van der Waals surface area contributed by atoms with Crippen LogP contribution < -0.4 is 10.1 Å². The SMILES string of the molecule is COc1ccc(CCNC(=O)c2ccc(C)s2)cc1. The van der Waals surface area contributed by atoms with Crippen LogP contribution in [0, 0.1) is 6.92 Å². The van der Waals surface area contributed by atoms with Gasteiger partial charge in [-0.25, -0.2) is 0 Å². The van der Waals surface area contributed by atoms with E-state index in [0.717, 1.165) is 21.9 Å². The van der Waals surface area contributed by atoms with Gasteiger partial charge in [-0.2, -0.15) is 0 Å². The summed E-state index contributed by atoms with van der Waals surface area (Å²) in [6.45, 7) is 2.64. The molecule has 1 amide bonds. The lowest BCUT2D eigenvalue weighted by molar-refractivity contribution is 0.0958. The Balaban J connectivity index is 1.81. The van der Waals surface area contributed by atoms with Gasteiger partial charge in [-0.15, -0.1) is 11.3 Å². The van der Waals surface area contributed by atoms with E-state index >= 15 is 0 Å². The zero-order valence-electron chi connectivity index (χ0n) is 11.1. The fourth-order valence-corrected chi connectivity index (χ4v) is 2.54. The Kier molecular flexibility index (Phi) is 4.58. The third kappa shape index (κ3) is 3.83. The van der Waals surface area contributed by atoms with Gasteiger partial charge in [-0.05, 0) is 43.2 Å². The minimum absolute atomic E-state index is 0.00612. The Labute approximate surface area is 117 Å². The second-order valence-electron chi connectivity index (χ2n) is 4.26. The van der Waals surface area contributed by atoms with Crippen molar-refractivity contribution >= 4 is 17.2 Å². The summed E-state index contributed by atoms with van der Waals surface area (Å²) in [4.78, 5) is 13.8. The third-order valence-corrected chi connectivity index (χ3v) is 3.82. The second-order valence-corrected chi connectivity index (χ2v) is 5.55. The van der Waals surface area contributed by atoms with Gasteiger partial charge in [0.25, 0.3) is 5.91 Å². The van der Waals surface area contributed by atoms with Crippen molar-refractivity contribution in [3.05, 3.63) is 51.7 Å². The summed E-state index contributed by atoms with van der Waals surface area (Å²) in [6, 6.07) is 11.7. The van der Waals surface area contributed by atoms with Crippen LogP contribution in [0.5, 0.6) is 5.75 Å². The maximum Gasteiger partial charge on any atom is 0.261 e. The van der Waals surface area contributed by atoms with Gasteiger partial charge in [0.05, 0.1) is 12.0 Å². The number of nitrogens with one attached hydrogen (secondary N) is 1. The standard InChI is InChI=1S/C15H17NO2S/c1-11-3-8-14(19-11)15(17)16-10-9-12-4-6-13(18-2)7-5-12/h3-8H,9-10H2,1-2H3,(H,16,17). The molecule has 0 fully saturated rings. The number of aryl methyl sites for hydroxylation is 1. The van der Waals surface area contributed by atoms with Crippen molar-refractivity contribution in [1.82, 2.24) is 5.32 Å². The Morgan fingerprint density at radius 1 is 1.21 bits per heavy atom. The molecule has 0 bridgehead atoms. The van der Waals surface area contributed by atoms with Crippen LogP contribution in [0.2, 0.25) is 0 Å². The average molecular weight is 275 g/mol. The van der Waals surface area contributed by atoms with Crippen LogP contribution in [0.25, 0.3) is 0 Å². The monoisotopic (exact) mass is 275 g/mol. The molecule has 100 valence electrons. The molecule has 0 unspecified atom stereocenters. The van der Waals surface area contributed by atoms with Crippen molar-refractivity contribution in [3.8, 4) is 5.75 Å². The van der Waals surface area contributed by atoms with E-state index in [1.807, 2.05) is 43.3 Å². The van der Waals surface area contributed by atoms with Crippen molar-refractivity contribution in [1.29, 1.82) is 0 Å². The molecule has 0 aliphatic carbocycles. The first-order chi connectivity index (χ1) is 9.19. The highest BCUT2D eigenvalue weighted by molar-refractivity contribution is 7.13. The second kappa shape index (κ2) is 6.38. The van der Waals surface area contributed by atoms with Crippen LogP contribution in [0.1, 0.15) is 20.1 Å². The van der Waals surface area contributed by atoms with Crippen LogP contribution >= 0.6 is 11.3 Å². The van der Waals surface area contributed by atoms with Crippen molar-refractivity contribution in [2.45, 2.75) is 13.3 Å². The van der Waals surface area contributed by atoms with E-state index in [4.69, 9.17) is 4.74 Å². The van der Waals surface area contributed by atoms with Crippen LogP contribution in [0.15, 0.2) is 36.4 Å². The molecule has 2 aromatic rings. The smallest absolute Gasteiger partial charge is 0.261 e. The Morgan fingerprint density at radius 2 is 1.95 bits per heavy atom. The molecule has 19 heavy (non-hydrogen) atoms. The van der Waals surface area contributed by atoms with Crippen molar-refractivity contribution in [2.24, 2.45) is 0 Å². The van der Waals surface area contributed by atoms with Crippen LogP contribution in [-0.2, 0) is 6.42 Å². The van der Waals surface area contributed by atoms with Gasteiger partial charge in [-0.1, -0.05) is 12.1 Å². The van der Waals surface area contributed by atoms with E-state index < -0.39 is 0 Å². The summed E-state index contributed by atoms with van der Waals surface area (Å²) < 4.78 is 5.10. The van der Waals surface area contributed by atoms with Gasteiger partial charge < -0.3 is 10.1 Å². The summed E-state index contributed by atoms with van der Waals surface area (Å²) in [5.41, 5.74) is 1.18. The number of carbonyl (C=O) groups excluding carboxylic acids is 1. The normalized spacial score (nSPS) is 10.2. The lowest BCUT2D eigenvalue weighted by Crippen LogP contribution is -2.24. The van der Waals surface area contributed by atoms with Gasteiger partial charge in [0.15, 0.2) is 0 Å². The molecule has 1 heterocycles. The highest BCUT2D eigenvalue weighted by Crippen LogP contribution is 2.15.